The van der Waals surface area contributed by atoms with Gasteiger partial charge in [-0.1, -0.05) is 0 Å². The Kier molecular flexibility index (Phi) is 3.65. The SMILES string of the molecule is C[C@H]1OC[C@@H](O)[C@@H](/C=N/N(C)C)O1. The molecule has 1 aliphatic rings. The average molecular weight is 188 g/mol. The minimum atomic E-state index is -0.625. The topological polar surface area (TPSA) is 54.3 Å². The van der Waals surface area contributed by atoms with Crippen LogP contribution in [0, 0.1) is 0 Å². The maximum atomic E-state index is 9.44. The third-order valence-corrected chi connectivity index (χ3v) is 1.67. The van der Waals surface area contributed by atoms with E-state index in [1.807, 2.05) is 14.1 Å². The zero-order valence-corrected chi connectivity index (χ0v) is 8.17. The molecule has 0 aromatic carbocycles. The third-order valence-electron chi connectivity index (χ3n) is 1.67. The highest BCUT2D eigenvalue weighted by molar-refractivity contribution is 5.63. The highest BCUT2D eigenvalue weighted by Crippen LogP contribution is 2.11. The second kappa shape index (κ2) is 4.55. The van der Waals surface area contributed by atoms with E-state index in [1.54, 1.807) is 18.1 Å². The van der Waals surface area contributed by atoms with Crippen molar-refractivity contribution in [1.29, 1.82) is 0 Å². The van der Waals surface area contributed by atoms with Crippen molar-refractivity contribution in [3.63, 3.8) is 0 Å². The van der Waals surface area contributed by atoms with Crippen LogP contribution >= 0.6 is 0 Å². The first kappa shape index (κ1) is 10.4. The van der Waals surface area contributed by atoms with Crippen molar-refractivity contribution in [2.75, 3.05) is 20.7 Å². The maximum absolute atomic E-state index is 9.44. The largest absolute Gasteiger partial charge is 0.388 e. The number of aliphatic hydroxyl groups is 1. The lowest BCUT2D eigenvalue weighted by Crippen LogP contribution is -2.43. The molecule has 0 unspecified atom stereocenters. The van der Waals surface area contributed by atoms with E-state index >= 15 is 0 Å². The van der Waals surface area contributed by atoms with Crippen LogP contribution in [-0.2, 0) is 9.47 Å². The first-order chi connectivity index (χ1) is 6.09. The predicted octanol–water partition coefficient (Wildman–Crippen LogP) is -0.344. The maximum Gasteiger partial charge on any atom is 0.155 e. The highest BCUT2D eigenvalue weighted by Gasteiger charge is 2.26. The molecule has 0 aromatic rings. The van der Waals surface area contributed by atoms with E-state index < -0.39 is 6.10 Å². The van der Waals surface area contributed by atoms with Crippen LogP contribution in [0.5, 0.6) is 0 Å². The van der Waals surface area contributed by atoms with Gasteiger partial charge in [-0.25, -0.2) is 0 Å². The molecule has 1 rings (SSSR count). The van der Waals surface area contributed by atoms with Crippen molar-refractivity contribution in [2.24, 2.45) is 5.10 Å². The second-order valence-electron chi connectivity index (χ2n) is 3.18. The average Bonchev–Trinajstić information content (AvgIpc) is 2.06. The molecule has 3 atom stereocenters. The summed E-state index contributed by atoms with van der Waals surface area (Å²) < 4.78 is 10.4. The molecular weight excluding hydrogens is 172 g/mol. The van der Waals surface area contributed by atoms with Crippen molar-refractivity contribution >= 4 is 6.21 Å². The van der Waals surface area contributed by atoms with Gasteiger partial charge in [-0.15, -0.1) is 0 Å². The molecule has 5 nitrogen and oxygen atoms in total. The van der Waals surface area contributed by atoms with E-state index in [1.165, 1.54) is 0 Å². The smallest absolute Gasteiger partial charge is 0.155 e. The summed E-state index contributed by atoms with van der Waals surface area (Å²) in [7, 11) is 3.62. The molecule has 5 heteroatoms. The number of hydrazone groups is 1. The molecular formula is C8H16N2O3. The van der Waals surface area contributed by atoms with Crippen molar-refractivity contribution in [1.82, 2.24) is 5.01 Å². The van der Waals surface area contributed by atoms with Gasteiger partial charge < -0.3 is 19.6 Å². The molecule has 1 saturated heterocycles. The molecule has 0 radical (unpaired) electrons. The van der Waals surface area contributed by atoms with Gasteiger partial charge in [-0.3, -0.25) is 0 Å². The molecule has 1 fully saturated rings. The van der Waals surface area contributed by atoms with Crippen LogP contribution in [0.2, 0.25) is 0 Å². The molecule has 1 aliphatic heterocycles. The summed E-state index contributed by atoms with van der Waals surface area (Å²) in [5, 5.41) is 15.1. The Bertz CT molecular complexity index is 184. The van der Waals surface area contributed by atoms with E-state index in [0.29, 0.717) is 6.61 Å². The van der Waals surface area contributed by atoms with Gasteiger partial charge in [-0.2, -0.15) is 5.10 Å². The summed E-state index contributed by atoms with van der Waals surface area (Å²) in [6.45, 7) is 2.09. The molecule has 0 spiro atoms. The van der Waals surface area contributed by atoms with Crippen molar-refractivity contribution < 1.29 is 14.6 Å². The van der Waals surface area contributed by atoms with Gasteiger partial charge in [0.1, 0.15) is 12.2 Å². The summed E-state index contributed by atoms with van der Waals surface area (Å²) in [4.78, 5) is 0. The van der Waals surface area contributed by atoms with E-state index in [2.05, 4.69) is 5.10 Å². The Morgan fingerprint density at radius 2 is 2.23 bits per heavy atom. The number of aliphatic hydroxyl groups excluding tert-OH is 1. The summed E-state index contributed by atoms with van der Waals surface area (Å²) in [5.74, 6) is 0. The number of ether oxygens (including phenoxy) is 2. The molecule has 0 aromatic heterocycles. The van der Waals surface area contributed by atoms with Gasteiger partial charge in [0.2, 0.25) is 0 Å². The number of hydrogen-bond acceptors (Lipinski definition) is 5. The number of nitrogens with zero attached hydrogens (tertiary/aromatic N) is 2. The number of hydrogen-bond donors (Lipinski definition) is 1. The van der Waals surface area contributed by atoms with E-state index in [0.717, 1.165) is 0 Å². The fourth-order valence-corrected chi connectivity index (χ4v) is 1.01. The zero-order chi connectivity index (χ0) is 9.84. The van der Waals surface area contributed by atoms with Gasteiger partial charge >= 0.3 is 0 Å². The Morgan fingerprint density at radius 3 is 2.85 bits per heavy atom. The lowest BCUT2D eigenvalue weighted by Gasteiger charge is -2.29. The Balaban J connectivity index is 2.46. The van der Waals surface area contributed by atoms with Gasteiger partial charge in [-0.05, 0) is 6.92 Å². The van der Waals surface area contributed by atoms with Gasteiger partial charge in [0.25, 0.3) is 0 Å². The minimum absolute atomic E-state index is 0.276. The molecule has 1 heterocycles. The van der Waals surface area contributed by atoms with Crippen molar-refractivity contribution in [3.05, 3.63) is 0 Å². The van der Waals surface area contributed by atoms with Crippen LogP contribution in [0.3, 0.4) is 0 Å². The minimum Gasteiger partial charge on any atom is -0.388 e. The van der Waals surface area contributed by atoms with Gasteiger partial charge in [0.05, 0.1) is 12.8 Å². The molecule has 13 heavy (non-hydrogen) atoms. The standard InChI is InChI=1S/C8H16N2O3/c1-6-12-5-7(11)8(13-6)4-9-10(2)3/h4,6-8,11H,5H2,1-3H3/b9-4+/t6-,7+,8+/m0/s1. The number of rotatable bonds is 2. The lowest BCUT2D eigenvalue weighted by atomic mass is 10.2. The summed E-state index contributed by atoms with van der Waals surface area (Å²) in [6, 6.07) is 0. The quantitative estimate of drug-likeness (QED) is 0.475. The van der Waals surface area contributed by atoms with E-state index in [9.17, 15) is 5.11 Å². The first-order valence-corrected chi connectivity index (χ1v) is 4.26. The first-order valence-electron chi connectivity index (χ1n) is 4.26. The molecule has 0 amide bonds. The second-order valence-corrected chi connectivity index (χ2v) is 3.18. The van der Waals surface area contributed by atoms with Crippen LogP contribution in [0.1, 0.15) is 6.92 Å². The summed E-state index contributed by atoms with van der Waals surface area (Å²) >= 11 is 0. The van der Waals surface area contributed by atoms with Crippen LogP contribution < -0.4 is 0 Å². The van der Waals surface area contributed by atoms with Crippen molar-refractivity contribution in [2.45, 2.75) is 25.4 Å². The van der Waals surface area contributed by atoms with Gasteiger partial charge in [0.15, 0.2) is 6.29 Å². The van der Waals surface area contributed by atoms with E-state index in [-0.39, 0.29) is 12.4 Å². The van der Waals surface area contributed by atoms with Crippen LogP contribution in [0.25, 0.3) is 0 Å². The summed E-state index contributed by atoms with van der Waals surface area (Å²) in [6.07, 6.45) is 0.317. The molecule has 1 N–H and O–H groups in total. The predicted molar refractivity (Wildman–Crippen MR) is 48.5 cm³/mol. The van der Waals surface area contributed by atoms with Crippen LogP contribution in [-0.4, -0.2) is 55.5 Å². The molecule has 0 bridgehead atoms. The van der Waals surface area contributed by atoms with E-state index in [4.69, 9.17) is 9.47 Å². The molecule has 0 saturated carbocycles. The fraction of sp³-hybridized carbons (Fsp3) is 0.875. The van der Waals surface area contributed by atoms with Crippen LogP contribution in [0.15, 0.2) is 5.10 Å². The molecule has 76 valence electrons. The zero-order valence-electron chi connectivity index (χ0n) is 8.17. The Labute approximate surface area is 77.9 Å². The van der Waals surface area contributed by atoms with Crippen molar-refractivity contribution in [3.8, 4) is 0 Å². The van der Waals surface area contributed by atoms with Crippen LogP contribution in [0.4, 0.5) is 0 Å². The lowest BCUT2D eigenvalue weighted by molar-refractivity contribution is -0.224. The highest BCUT2D eigenvalue weighted by atomic mass is 16.7. The monoisotopic (exact) mass is 188 g/mol. The fourth-order valence-electron chi connectivity index (χ4n) is 1.01. The Morgan fingerprint density at radius 1 is 1.54 bits per heavy atom. The summed E-state index contributed by atoms with van der Waals surface area (Å²) in [5.41, 5.74) is 0. The Hall–Kier alpha value is -0.650. The molecule has 0 aliphatic carbocycles. The third kappa shape index (κ3) is 3.30. The van der Waals surface area contributed by atoms with Gasteiger partial charge in [0, 0.05) is 14.1 Å². The normalized spacial score (nSPS) is 35.2.